The Labute approximate surface area is 119 Å². The molecule has 19 heavy (non-hydrogen) atoms. The summed E-state index contributed by atoms with van der Waals surface area (Å²) in [5.74, 6) is 2.03. The Hall–Kier alpha value is -0.220. The van der Waals surface area contributed by atoms with Crippen molar-refractivity contribution in [2.75, 3.05) is 18.1 Å². The molecule has 1 saturated carbocycles. The number of hydrogen-bond donors (Lipinski definition) is 1. The van der Waals surface area contributed by atoms with Gasteiger partial charge >= 0.3 is 5.97 Å². The SMILES string of the molecule is O=C(O)C1(C2CCOC3(CCSC3)C2)CCCCC1. The van der Waals surface area contributed by atoms with Gasteiger partial charge in [0.2, 0.25) is 0 Å². The molecule has 3 aliphatic rings. The van der Waals surface area contributed by atoms with Crippen LogP contribution in [0.25, 0.3) is 0 Å². The van der Waals surface area contributed by atoms with Gasteiger partial charge in [-0.15, -0.1) is 0 Å². The summed E-state index contributed by atoms with van der Waals surface area (Å²) in [5.41, 5.74) is -0.435. The number of rotatable bonds is 2. The molecular weight excluding hydrogens is 260 g/mol. The van der Waals surface area contributed by atoms with E-state index < -0.39 is 11.4 Å². The highest BCUT2D eigenvalue weighted by molar-refractivity contribution is 7.99. The van der Waals surface area contributed by atoms with Crippen LogP contribution in [-0.2, 0) is 9.53 Å². The zero-order valence-electron chi connectivity index (χ0n) is 11.5. The Morgan fingerprint density at radius 3 is 2.63 bits per heavy atom. The molecule has 1 aliphatic carbocycles. The predicted molar refractivity (Wildman–Crippen MR) is 76.5 cm³/mol. The Morgan fingerprint density at radius 1 is 1.21 bits per heavy atom. The molecule has 0 amide bonds. The molecule has 2 unspecified atom stereocenters. The Morgan fingerprint density at radius 2 is 2.00 bits per heavy atom. The standard InChI is InChI=1S/C15H24O3S/c16-13(17)15(5-2-1-3-6-15)12-4-8-18-14(10-12)7-9-19-11-14/h12H,1-11H2,(H,16,17). The topological polar surface area (TPSA) is 46.5 Å². The molecule has 0 aromatic carbocycles. The van der Waals surface area contributed by atoms with Crippen molar-refractivity contribution < 1.29 is 14.6 Å². The molecule has 0 aromatic rings. The first kappa shape index (κ1) is 13.7. The lowest BCUT2D eigenvalue weighted by atomic mass is 9.61. The monoisotopic (exact) mass is 284 g/mol. The van der Waals surface area contributed by atoms with Crippen molar-refractivity contribution >= 4 is 17.7 Å². The Bertz CT molecular complexity index is 343. The van der Waals surface area contributed by atoms with Gasteiger partial charge in [-0.05, 0) is 43.8 Å². The van der Waals surface area contributed by atoms with Gasteiger partial charge in [-0.2, -0.15) is 11.8 Å². The van der Waals surface area contributed by atoms with Crippen LogP contribution >= 0.6 is 11.8 Å². The van der Waals surface area contributed by atoms with Crippen LogP contribution in [0.4, 0.5) is 0 Å². The van der Waals surface area contributed by atoms with Crippen molar-refractivity contribution in [3.05, 3.63) is 0 Å². The van der Waals surface area contributed by atoms with E-state index in [1.165, 1.54) is 12.2 Å². The minimum Gasteiger partial charge on any atom is -0.481 e. The second kappa shape index (κ2) is 5.28. The first-order valence-corrected chi connectivity index (χ1v) is 8.78. The summed E-state index contributed by atoms with van der Waals surface area (Å²) < 4.78 is 6.06. The number of aliphatic carboxylic acids is 1. The molecule has 2 aliphatic heterocycles. The van der Waals surface area contributed by atoms with E-state index in [0.29, 0.717) is 5.92 Å². The van der Waals surface area contributed by atoms with Gasteiger partial charge < -0.3 is 9.84 Å². The van der Waals surface area contributed by atoms with Gasteiger partial charge in [0.25, 0.3) is 0 Å². The van der Waals surface area contributed by atoms with E-state index in [0.717, 1.165) is 57.3 Å². The number of hydrogen-bond acceptors (Lipinski definition) is 3. The maximum Gasteiger partial charge on any atom is 0.309 e. The van der Waals surface area contributed by atoms with Crippen LogP contribution < -0.4 is 0 Å². The number of ether oxygens (including phenoxy) is 1. The van der Waals surface area contributed by atoms with Crippen LogP contribution in [0, 0.1) is 11.3 Å². The second-order valence-electron chi connectivity index (χ2n) is 6.55. The van der Waals surface area contributed by atoms with Crippen LogP contribution in [-0.4, -0.2) is 34.8 Å². The lowest BCUT2D eigenvalue weighted by Crippen LogP contribution is -2.49. The van der Waals surface area contributed by atoms with E-state index in [1.807, 2.05) is 11.8 Å². The third-order valence-electron chi connectivity index (χ3n) is 5.51. The van der Waals surface area contributed by atoms with E-state index in [-0.39, 0.29) is 5.60 Å². The highest BCUT2D eigenvalue weighted by atomic mass is 32.2. The third kappa shape index (κ3) is 2.42. The molecule has 0 aromatic heterocycles. The van der Waals surface area contributed by atoms with Crippen molar-refractivity contribution in [2.45, 2.75) is 57.0 Å². The fourth-order valence-electron chi connectivity index (χ4n) is 4.34. The lowest BCUT2D eigenvalue weighted by molar-refractivity contribution is -0.165. The van der Waals surface area contributed by atoms with Gasteiger partial charge in [-0.1, -0.05) is 19.3 Å². The maximum atomic E-state index is 11.9. The summed E-state index contributed by atoms with van der Waals surface area (Å²) in [5, 5.41) is 9.83. The fourth-order valence-corrected chi connectivity index (χ4v) is 5.72. The number of carboxylic acid groups (broad SMARTS) is 1. The van der Waals surface area contributed by atoms with E-state index >= 15 is 0 Å². The second-order valence-corrected chi connectivity index (χ2v) is 7.65. The third-order valence-corrected chi connectivity index (χ3v) is 6.74. The first-order valence-electron chi connectivity index (χ1n) is 7.62. The zero-order chi connectivity index (χ0) is 13.3. The Kier molecular flexibility index (Phi) is 3.82. The molecule has 2 heterocycles. The molecule has 2 atom stereocenters. The van der Waals surface area contributed by atoms with Crippen LogP contribution in [0.1, 0.15) is 51.4 Å². The zero-order valence-corrected chi connectivity index (χ0v) is 12.3. The molecule has 1 spiro atoms. The average Bonchev–Trinajstić information content (AvgIpc) is 2.87. The lowest BCUT2D eigenvalue weighted by Gasteiger charge is -2.47. The normalized spacial score (nSPS) is 38.4. The van der Waals surface area contributed by atoms with Crippen molar-refractivity contribution in [1.29, 1.82) is 0 Å². The molecule has 1 N–H and O–H groups in total. The van der Waals surface area contributed by atoms with Crippen LogP contribution in [0.3, 0.4) is 0 Å². The summed E-state index contributed by atoms with van der Waals surface area (Å²) in [6.07, 6.45) is 8.19. The van der Waals surface area contributed by atoms with Crippen LogP contribution in [0.5, 0.6) is 0 Å². The van der Waals surface area contributed by atoms with E-state index in [1.54, 1.807) is 0 Å². The average molecular weight is 284 g/mol. The highest BCUT2D eigenvalue weighted by Gasteiger charge is 2.51. The molecule has 3 rings (SSSR count). The van der Waals surface area contributed by atoms with Gasteiger partial charge in [0.05, 0.1) is 11.0 Å². The summed E-state index contributed by atoms with van der Waals surface area (Å²) in [6.45, 7) is 0.764. The van der Waals surface area contributed by atoms with Gasteiger partial charge in [0.15, 0.2) is 0 Å². The molecule has 3 fully saturated rings. The highest BCUT2D eigenvalue weighted by Crippen LogP contribution is 2.51. The molecular formula is C15H24O3S. The van der Waals surface area contributed by atoms with E-state index in [2.05, 4.69) is 0 Å². The summed E-state index contributed by atoms with van der Waals surface area (Å²) in [7, 11) is 0. The van der Waals surface area contributed by atoms with Gasteiger partial charge in [0, 0.05) is 12.4 Å². The molecule has 108 valence electrons. The summed E-state index contributed by atoms with van der Waals surface area (Å²) in [6, 6.07) is 0. The van der Waals surface area contributed by atoms with Crippen molar-refractivity contribution in [3.8, 4) is 0 Å². The minimum atomic E-state index is -0.542. The molecule has 2 saturated heterocycles. The van der Waals surface area contributed by atoms with Gasteiger partial charge in [-0.25, -0.2) is 0 Å². The Balaban J connectivity index is 1.80. The summed E-state index contributed by atoms with van der Waals surface area (Å²) in [4.78, 5) is 11.9. The van der Waals surface area contributed by atoms with Gasteiger partial charge in [-0.3, -0.25) is 4.79 Å². The molecule has 3 nitrogen and oxygen atoms in total. The molecule has 4 heteroatoms. The van der Waals surface area contributed by atoms with Crippen molar-refractivity contribution in [1.82, 2.24) is 0 Å². The number of carbonyl (C=O) groups is 1. The van der Waals surface area contributed by atoms with Crippen molar-refractivity contribution in [3.63, 3.8) is 0 Å². The smallest absolute Gasteiger partial charge is 0.309 e. The number of carboxylic acids is 1. The minimum absolute atomic E-state index is 0.00742. The quantitative estimate of drug-likeness (QED) is 0.845. The van der Waals surface area contributed by atoms with Crippen LogP contribution in [0.2, 0.25) is 0 Å². The van der Waals surface area contributed by atoms with Gasteiger partial charge in [0.1, 0.15) is 0 Å². The number of thioether (sulfide) groups is 1. The van der Waals surface area contributed by atoms with E-state index in [9.17, 15) is 9.90 Å². The van der Waals surface area contributed by atoms with Crippen molar-refractivity contribution in [2.24, 2.45) is 11.3 Å². The predicted octanol–water partition coefficient (Wildman–Crippen LogP) is 3.32. The summed E-state index contributed by atoms with van der Waals surface area (Å²) >= 11 is 1.96. The van der Waals surface area contributed by atoms with E-state index in [4.69, 9.17) is 4.74 Å². The fraction of sp³-hybridized carbons (Fsp3) is 0.933. The first-order chi connectivity index (χ1) is 9.17. The largest absolute Gasteiger partial charge is 0.481 e. The molecule has 0 bridgehead atoms. The maximum absolute atomic E-state index is 11.9. The van der Waals surface area contributed by atoms with Crippen LogP contribution in [0.15, 0.2) is 0 Å². The molecule has 0 radical (unpaired) electrons.